The number of sulfonamides is 4. The molecule has 6 aromatic carbocycles. The normalized spacial score (nSPS) is 24.8. The Morgan fingerprint density at radius 3 is 1.09 bits per heavy atom. The number of aromatic nitrogens is 12. The molecule has 9 fully saturated rings. The summed E-state index contributed by atoms with van der Waals surface area (Å²) >= 11 is 0. The molecule has 8 bridgehead atoms. The number of H-pyrrole nitrogens is 4. The zero-order chi connectivity index (χ0) is 85.0. The number of rotatable bonds is 20. The van der Waals surface area contributed by atoms with Gasteiger partial charge in [0.1, 0.15) is 5.82 Å². The van der Waals surface area contributed by atoms with Gasteiger partial charge in [-0.15, -0.1) is 0 Å². The maximum absolute atomic E-state index is 13.5. The van der Waals surface area contributed by atoms with E-state index in [2.05, 4.69) is 181 Å². The molecule has 16 heterocycles. The number of halogens is 1. The molecule has 646 valence electrons. The third kappa shape index (κ3) is 15.5. The van der Waals surface area contributed by atoms with E-state index in [1.807, 2.05) is 114 Å². The van der Waals surface area contributed by atoms with Crippen LogP contribution in [0.15, 0.2) is 231 Å². The summed E-state index contributed by atoms with van der Waals surface area (Å²) in [4.78, 5) is 0.176. The first-order valence-electron chi connectivity index (χ1n) is 44.2. The van der Waals surface area contributed by atoms with E-state index >= 15 is 0 Å². The van der Waals surface area contributed by atoms with Crippen molar-refractivity contribution in [2.45, 2.75) is 225 Å². The maximum Gasteiger partial charge on any atom is 0.243 e. The highest BCUT2D eigenvalue weighted by atomic mass is 32.2. The van der Waals surface area contributed by atoms with Crippen molar-refractivity contribution in [1.82, 2.24) is 76.3 Å². The lowest BCUT2D eigenvalue weighted by Crippen LogP contribution is -2.46. The Kier molecular flexibility index (Phi) is 21.9. The predicted octanol–water partition coefficient (Wildman–Crippen LogP) is 17.4. The Bertz CT molecular complexity index is 6640. The molecule has 23 rings (SSSR count). The summed E-state index contributed by atoms with van der Waals surface area (Å²) in [5.74, 6) is 1.05. The molecule has 8 aliphatic heterocycles. The Morgan fingerprint density at radius 2 is 0.718 bits per heavy atom. The van der Waals surface area contributed by atoms with Crippen LogP contribution in [0.25, 0.3) is 88.1 Å². The van der Waals surface area contributed by atoms with Crippen molar-refractivity contribution >= 4 is 83.7 Å². The van der Waals surface area contributed by atoms with Crippen LogP contribution in [0.2, 0.25) is 0 Å². The Labute approximate surface area is 723 Å². The molecular formula is C95H107FN16O8S4. The van der Waals surface area contributed by atoms with Crippen molar-refractivity contribution in [3.63, 3.8) is 0 Å². The lowest BCUT2D eigenvalue weighted by atomic mass is 9.89. The van der Waals surface area contributed by atoms with Gasteiger partial charge in [-0.3, -0.25) is 20.4 Å². The van der Waals surface area contributed by atoms with Crippen molar-refractivity contribution < 1.29 is 38.1 Å². The van der Waals surface area contributed by atoms with Crippen LogP contribution in [-0.4, -0.2) is 168 Å². The van der Waals surface area contributed by atoms with Crippen molar-refractivity contribution in [3.05, 3.63) is 237 Å². The van der Waals surface area contributed by atoms with Gasteiger partial charge in [-0.1, -0.05) is 73.9 Å². The molecule has 1 saturated carbocycles. The molecule has 0 amide bonds. The van der Waals surface area contributed by atoms with E-state index in [1.165, 1.54) is 63.4 Å². The highest BCUT2D eigenvalue weighted by Crippen LogP contribution is 2.51. The Morgan fingerprint density at radius 1 is 0.371 bits per heavy atom. The second-order valence-corrected chi connectivity index (χ2v) is 45.5. The third-order valence-electron chi connectivity index (χ3n) is 28.8. The number of hydrogen-bond acceptors (Lipinski definition) is 12. The molecular weight excluding hydrogens is 1640 g/mol. The molecule has 0 radical (unpaired) electrons. The largest absolute Gasteiger partial charge is 0.347 e. The zero-order valence-electron chi connectivity index (χ0n) is 70.1. The second-order valence-electron chi connectivity index (χ2n) is 37.0. The van der Waals surface area contributed by atoms with E-state index in [0.29, 0.717) is 17.8 Å². The molecule has 8 aromatic heterocycles. The zero-order valence-corrected chi connectivity index (χ0v) is 73.3. The molecule has 12 unspecified atom stereocenters. The summed E-state index contributed by atoms with van der Waals surface area (Å²) in [6.07, 6.45) is 40.0. The number of nitrogens with one attached hydrogen (secondary N) is 4. The van der Waals surface area contributed by atoms with E-state index in [1.54, 1.807) is 4.31 Å². The smallest absolute Gasteiger partial charge is 0.243 e. The minimum absolute atomic E-state index is 0.0160. The molecule has 9 aliphatic rings. The Balaban J connectivity index is 0.000000105. The molecule has 0 spiro atoms. The number of hydrogen-bond donors (Lipinski definition) is 4. The molecule has 8 saturated heterocycles. The van der Waals surface area contributed by atoms with Gasteiger partial charge in [0.25, 0.3) is 0 Å². The van der Waals surface area contributed by atoms with Crippen LogP contribution < -0.4 is 0 Å². The van der Waals surface area contributed by atoms with Gasteiger partial charge in [-0.05, 0) is 259 Å². The first-order valence-corrected chi connectivity index (χ1v) is 50.2. The molecule has 1 aliphatic carbocycles. The summed E-state index contributed by atoms with van der Waals surface area (Å²) in [7, 11) is -13.4. The van der Waals surface area contributed by atoms with Gasteiger partial charge < -0.3 is 18.3 Å². The average Bonchev–Trinajstić information content (AvgIpc) is 1.60. The van der Waals surface area contributed by atoms with Gasteiger partial charge >= 0.3 is 0 Å². The van der Waals surface area contributed by atoms with Gasteiger partial charge in [0.05, 0.1) is 45.4 Å². The van der Waals surface area contributed by atoms with Crippen molar-refractivity contribution in [3.8, 4) is 44.5 Å². The molecule has 29 heteroatoms. The van der Waals surface area contributed by atoms with Crippen LogP contribution in [-0.2, 0) is 72.0 Å². The van der Waals surface area contributed by atoms with E-state index < -0.39 is 50.7 Å². The van der Waals surface area contributed by atoms with Crippen molar-refractivity contribution in [2.75, 3.05) is 0 Å². The number of benzene rings is 6. The molecule has 14 aromatic rings. The van der Waals surface area contributed by atoms with Crippen LogP contribution in [0.5, 0.6) is 0 Å². The van der Waals surface area contributed by atoms with Crippen LogP contribution in [0.1, 0.15) is 135 Å². The fourth-order valence-corrected chi connectivity index (χ4v) is 31.3. The van der Waals surface area contributed by atoms with Crippen LogP contribution in [0.4, 0.5) is 4.39 Å². The van der Waals surface area contributed by atoms with Crippen LogP contribution in [0.3, 0.4) is 0 Å². The number of fused-ring (bicyclic) bond motifs is 12. The fourth-order valence-electron chi connectivity index (χ4n) is 22.8. The van der Waals surface area contributed by atoms with Crippen molar-refractivity contribution in [1.29, 1.82) is 0 Å². The topological polar surface area (TPSA) is 284 Å². The predicted molar refractivity (Wildman–Crippen MR) is 482 cm³/mol. The molecule has 124 heavy (non-hydrogen) atoms. The van der Waals surface area contributed by atoms with E-state index in [4.69, 9.17) is 0 Å². The second kappa shape index (κ2) is 33.0. The van der Waals surface area contributed by atoms with Crippen LogP contribution >= 0.6 is 0 Å². The van der Waals surface area contributed by atoms with E-state index in [0.717, 1.165) is 190 Å². The number of nitrogens with zero attached hydrogens (tertiary/aromatic N) is 12. The summed E-state index contributed by atoms with van der Waals surface area (Å²) < 4.78 is 135. The molecule has 12 atom stereocenters. The van der Waals surface area contributed by atoms with Gasteiger partial charge in [0, 0.05) is 190 Å². The maximum atomic E-state index is 13.5. The highest BCUT2D eigenvalue weighted by molar-refractivity contribution is 7.90. The standard InChI is InChI=1S/C25H26N4O2S.C24H23FN4O2S.C24H30N4O2S.C22H28N4O2S/c30-32(31,17-18-4-2-1-3-5-18)29-23-7-9-25(29)21(13-23)16-28-11-10-20-12-19(6-8-24(20)28)22-14-26-27-15-22;25-20-2-5-22(6-3-20)32(30,31)29-21-4-8-24(29)18(12-21)15-28-10-9-17-11-16(1-7-23(17)28)19-13-26-27-14-19;29-31(30,22-4-2-1-3-5-22)28-21-7-9-24(28)19(13-21)16-27-11-10-18-12-17(6-8-23(18)27)20-14-25-26-15-20;1-22(2,3)29(27,28)26-19-5-7-21(26)17(11-19)14-25-9-8-16-10-15(4-6-20(16)25)18-12-23-24-13-18/h1-6,8,10-12,14-15,21,23,25H,7,9,13,16-17H2,(H,26,27);1-3,5-7,9-11,13-14,18,21,24H,4,8,12,15H2,(H,26,27);6,8,10-12,14-15,19,21-22,24H,1-5,7,9,13,16H2,(H,25,26);4,6,8-10,12-13,17,19,21H,5,7,11,14H2,1-3H3,(H,23,24). The lowest BCUT2D eigenvalue weighted by molar-refractivity contribution is 0.323. The van der Waals surface area contributed by atoms with E-state index in [9.17, 15) is 38.1 Å². The first-order chi connectivity index (χ1) is 59.9. The molecule has 24 nitrogen and oxygen atoms in total. The fraction of sp³-hybridized carbons (Fsp3) is 0.411. The average molecular weight is 1750 g/mol. The summed E-state index contributed by atoms with van der Waals surface area (Å²) in [6.45, 7) is 8.83. The van der Waals surface area contributed by atoms with Gasteiger partial charge in [0.15, 0.2) is 0 Å². The van der Waals surface area contributed by atoms with E-state index in [-0.39, 0.29) is 70.2 Å². The SMILES string of the molecule is CC(C)(C)S(=O)(=O)N1C2CCC1C(Cn1ccc3cc(-c4cn[nH]c4)ccc31)C2.O=S(=O)(C1CCCCC1)N1C2CCC1C(Cn1ccc3cc(-c4cn[nH]c4)ccc31)C2.O=S(=O)(Cc1ccccc1)N1C2CCC1C(Cn1ccc3cc(-c4cn[nH]c4)ccc31)C2.O=S(=O)(c1ccc(F)cc1)N1C2CCC1C(Cn1ccc3cc(-c4cn[nH]c4)ccc31)C2. The molecule has 4 N–H and O–H groups in total. The third-order valence-corrected chi connectivity index (χ3v) is 37.8. The van der Waals surface area contributed by atoms with Gasteiger partial charge in [0.2, 0.25) is 40.1 Å². The van der Waals surface area contributed by atoms with Gasteiger partial charge in [-0.25, -0.2) is 38.1 Å². The minimum Gasteiger partial charge on any atom is -0.347 e. The summed E-state index contributed by atoms with van der Waals surface area (Å²) in [5, 5.41) is 32.2. The minimum atomic E-state index is -3.63. The van der Waals surface area contributed by atoms with Gasteiger partial charge in [-0.2, -0.15) is 37.6 Å². The highest BCUT2D eigenvalue weighted by Gasteiger charge is 2.57. The van der Waals surface area contributed by atoms with Crippen molar-refractivity contribution in [2.24, 2.45) is 23.7 Å². The number of aromatic amines is 4. The first kappa shape index (κ1) is 82.2. The Hall–Kier alpha value is -10.1. The lowest BCUT2D eigenvalue weighted by Gasteiger charge is -2.31. The summed E-state index contributed by atoms with van der Waals surface area (Å²) in [6, 6.07) is 50.1. The quantitative estimate of drug-likeness (QED) is 0.0554. The monoisotopic (exact) mass is 1750 g/mol. The van der Waals surface area contributed by atoms with Crippen LogP contribution in [0, 0.1) is 29.5 Å². The summed E-state index contributed by atoms with van der Waals surface area (Å²) in [5.41, 5.74) is 14.5.